The predicted octanol–water partition coefficient (Wildman–Crippen LogP) is 4.85. The van der Waals surface area contributed by atoms with E-state index in [1.807, 2.05) is 74.5 Å². The summed E-state index contributed by atoms with van der Waals surface area (Å²) in [6, 6.07) is 23.8. The number of aliphatic hydroxyl groups is 1. The van der Waals surface area contributed by atoms with E-state index in [1.165, 1.54) is 0 Å². The summed E-state index contributed by atoms with van der Waals surface area (Å²) in [5, 5.41) is 10.7. The van der Waals surface area contributed by atoms with Crippen molar-refractivity contribution in [3.63, 3.8) is 0 Å². The molecule has 0 aliphatic rings. The van der Waals surface area contributed by atoms with E-state index in [-0.39, 0.29) is 24.0 Å². The van der Waals surface area contributed by atoms with Crippen LogP contribution in [0.5, 0.6) is 5.75 Å². The minimum absolute atomic E-state index is 0.0583. The van der Waals surface area contributed by atoms with Crippen LogP contribution in [0.4, 0.5) is 0 Å². The molecule has 4 aromatic rings. The Bertz CT molecular complexity index is 1250. The van der Waals surface area contributed by atoms with E-state index in [9.17, 15) is 9.90 Å². The summed E-state index contributed by atoms with van der Waals surface area (Å²) in [5.41, 5.74) is 8.46. The fourth-order valence-electron chi connectivity index (χ4n) is 3.66. The lowest BCUT2D eigenvalue weighted by atomic mass is 9.98. The standard InChI is InChI=1S/C27H27NO4/c1-17(2)25(28)22(29)16-31-20-13-14-21-23(15-20)32-27(19-11-7-4-8-12-19)24(26(21)30)18-9-5-3-6-10-18/h3-15,17,22,25,29H,16,28H2,1-2H3. The average Bonchev–Trinajstić information content (AvgIpc) is 2.82. The summed E-state index contributed by atoms with van der Waals surface area (Å²) in [6.45, 7) is 3.96. The van der Waals surface area contributed by atoms with Crippen molar-refractivity contribution in [3.05, 3.63) is 89.1 Å². The molecule has 5 nitrogen and oxygen atoms in total. The Morgan fingerprint density at radius 3 is 2.19 bits per heavy atom. The SMILES string of the molecule is CC(C)C(N)C(O)COc1ccc2c(=O)c(-c3ccccc3)c(-c3ccccc3)oc2c1. The topological polar surface area (TPSA) is 85.7 Å². The number of fused-ring (bicyclic) bond motifs is 1. The Kier molecular flexibility index (Phi) is 6.40. The van der Waals surface area contributed by atoms with Crippen LogP contribution in [0, 0.1) is 5.92 Å². The van der Waals surface area contributed by atoms with Crippen LogP contribution in [-0.2, 0) is 0 Å². The molecule has 0 aliphatic heterocycles. The molecule has 5 heteroatoms. The number of rotatable bonds is 7. The molecular formula is C27H27NO4. The maximum absolute atomic E-state index is 13.5. The van der Waals surface area contributed by atoms with Crippen LogP contribution in [0.2, 0.25) is 0 Å². The molecule has 0 spiro atoms. The summed E-state index contributed by atoms with van der Waals surface area (Å²) in [6.07, 6.45) is -0.793. The van der Waals surface area contributed by atoms with Crippen molar-refractivity contribution < 1.29 is 14.3 Å². The van der Waals surface area contributed by atoms with Crippen LogP contribution < -0.4 is 15.9 Å². The van der Waals surface area contributed by atoms with Gasteiger partial charge in [0.15, 0.2) is 0 Å². The Morgan fingerprint density at radius 2 is 1.56 bits per heavy atom. The first kappa shape index (κ1) is 21.8. The van der Waals surface area contributed by atoms with Gasteiger partial charge in [0, 0.05) is 17.7 Å². The van der Waals surface area contributed by atoms with E-state index < -0.39 is 6.10 Å². The van der Waals surface area contributed by atoms with Crippen LogP contribution in [0.15, 0.2) is 88.1 Å². The van der Waals surface area contributed by atoms with Crippen molar-refractivity contribution >= 4 is 11.0 Å². The zero-order valence-electron chi connectivity index (χ0n) is 18.2. The molecule has 0 saturated carbocycles. The van der Waals surface area contributed by atoms with E-state index in [0.717, 1.165) is 11.1 Å². The van der Waals surface area contributed by atoms with Crippen LogP contribution in [0.25, 0.3) is 33.4 Å². The van der Waals surface area contributed by atoms with Crippen molar-refractivity contribution in [2.75, 3.05) is 6.61 Å². The highest BCUT2D eigenvalue weighted by Gasteiger charge is 2.20. The summed E-state index contributed by atoms with van der Waals surface area (Å²) in [5.74, 6) is 1.14. The highest BCUT2D eigenvalue weighted by atomic mass is 16.5. The minimum atomic E-state index is -0.793. The van der Waals surface area contributed by atoms with E-state index >= 15 is 0 Å². The fourth-order valence-corrected chi connectivity index (χ4v) is 3.66. The van der Waals surface area contributed by atoms with Crippen molar-refractivity contribution in [1.82, 2.24) is 0 Å². The molecule has 1 aromatic heterocycles. The van der Waals surface area contributed by atoms with Crippen LogP contribution in [0.3, 0.4) is 0 Å². The molecule has 0 fully saturated rings. The number of aliphatic hydroxyl groups excluding tert-OH is 1. The van der Waals surface area contributed by atoms with Gasteiger partial charge in [-0.05, 0) is 23.6 Å². The maximum Gasteiger partial charge on any atom is 0.201 e. The second-order valence-corrected chi connectivity index (χ2v) is 8.23. The third-order valence-corrected chi connectivity index (χ3v) is 5.60. The van der Waals surface area contributed by atoms with Gasteiger partial charge in [0.05, 0.1) is 10.9 Å². The first-order valence-corrected chi connectivity index (χ1v) is 10.7. The lowest BCUT2D eigenvalue weighted by Gasteiger charge is -2.22. The molecule has 164 valence electrons. The highest BCUT2D eigenvalue weighted by molar-refractivity contribution is 5.89. The van der Waals surface area contributed by atoms with Gasteiger partial charge in [-0.15, -0.1) is 0 Å². The molecule has 3 N–H and O–H groups in total. The number of ether oxygens (including phenoxy) is 1. The Morgan fingerprint density at radius 1 is 0.938 bits per heavy atom. The summed E-state index contributed by atoms with van der Waals surface area (Å²) < 4.78 is 12.0. The van der Waals surface area contributed by atoms with Gasteiger partial charge in [-0.3, -0.25) is 4.79 Å². The molecular weight excluding hydrogens is 402 g/mol. The molecule has 1 heterocycles. The van der Waals surface area contributed by atoms with Crippen LogP contribution in [-0.4, -0.2) is 23.9 Å². The lowest BCUT2D eigenvalue weighted by Crippen LogP contribution is -2.42. The minimum Gasteiger partial charge on any atom is -0.491 e. The number of hydrogen-bond donors (Lipinski definition) is 2. The fraction of sp³-hybridized carbons (Fsp3) is 0.222. The molecule has 2 atom stereocenters. The summed E-state index contributed by atoms with van der Waals surface area (Å²) in [7, 11) is 0. The Hall–Kier alpha value is -3.41. The summed E-state index contributed by atoms with van der Waals surface area (Å²) >= 11 is 0. The van der Waals surface area contributed by atoms with Crippen molar-refractivity contribution in [1.29, 1.82) is 0 Å². The molecule has 4 rings (SSSR count). The van der Waals surface area contributed by atoms with Gasteiger partial charge < -0.3 is 20.0 Å². The second kappa shape index (κ2) is 9.39. The average molecular weight is 430 g/mol. The molecule has 0 bridgehead atoms. The third kappa shape index (κ3) is 4.44. The van der Waals surface area contributed by atoms with Gasteiger partial charge in [0.1, 0.15) is 29.8 Å². The first-order chi connectivity index (χ1) is 15.5. The van der Waals surface area contributed by atoms with Gasteiger partial charge in [-0.1, -0.05) is 74.5 Å². The Labute approximate surface area is 187 Å². The normalized spacial score (nSPS) is 13.3. The lowest BCUT2D eigenvalue weighted by molar-refractivity contribution is 0.0715. The monoisotopic (exact) mass is 429 g/mol. The van der Waals surface area contributed by atoms with E-state index in [0.29, 0.717) is 28.0 Å². The molecule has 3 aromatic carbocycles. The molecule has 32 heavy (non-hydrogen) atoms. The van der Waals surface area contributed by atoms with Crippen LogP contribution >= 0.6 is 0 Å². The van der Waals surface area contributed by atoms with Crippen LogP contribution in [0.1, 0.15) is 13.8 Å². The van der Waals surface area contributed by atoms with Gasteiger partial charge in [-0.25, -0.2) is 0 Å². The van der Waals surface area contributed by atoms with Crippen molar-refractivity contribution in [3.8, 4) is 28.2 Å². The van der Waals surface area contributed by atoms with E-state index in [2.05, 4.69) is 0 Å². The molecule has 0 aliphatic carbocycles. The second-order valence-electron chi connectivity index (χ2n) is 8.23. The van der Waals surface area contributed by atoms with E-state index in [4.69, 9.17) is 14.9 Å². The van der Waals surface area contributed by atoms with Gasteiger partial charge in [-0.2, -0.15) is 0 Å². The molecule has 2 unspecified atom stereocenters. The van der Waals surface area contributed by atoms with Crippen molar-refractivity contribution in [2.45, 2.75) is 26.0 Å². The van der Waals surface area contributed by atoms with Gasteiger partial charge in [0.25, 0.3) is 0 Å². The van der Waals surface area contributed by atoms with E-state index in [1.54, 1.807) is 18.2 Å². The summed E-state index contributed by atoms with van der Waals surface area (Å²) in [4.78, 5) is 13.5. The number of hydrogen-bond acceptors (Lipinski definition) is 5. The number of benzene rings is 3. The smallest absolute Gasteiger partial charge is 0.201 e. The van der Waals surface area contributed by atoms with Gasteiger partial charge >= 0.3 is 0 Å². The quantitative estimate of drug-likeness (QED) is 0.439. The Balaban J connectivity index is 1.78. The third-order valence-electron chi connectivity index (χ3n) is 5.60. The zero-order valence-corrected chi connectivity index (χ0v) is 18.2. The largest absolute Gasteiger partial charge is 0.491 e. The predicted molar refractivity (Wildman–Crippen MR) is 128 cm³/mol. The van der Waals surface area contributed by atoms with Crippen molar-refractivity contribution in [2.24, 2.45) is 11.7 Å². The maximum atomic E-state index is 13.5. The zero-order chi connectivity index (χ0) is 22.7. The van der Waals surface area contributed by atoms with Gasteiger partial charge in [0.2, 0.25) is 5.43 Å². The molecule has 0 saturated heterocycles. The highest BCUT2D eigenvalue weighted by Crippen LogP contribution is 2.33. The first-order valence-electron chi connectivity index (χ1n) is 10.7. The number of nitrogens with two attached hydrogens (primary N) is 1. The molecule has 0 radical (unpaired) electrons. The molecule has 0 amide bonds.